The summed E-state index contributed by atoms with van der Waals surface area (Å²) in [6, 6.07) is 11.1. The molecule has 3 rings (SSSR count). The molecule has 0 spiro atoms. The van der Waals surface area contributed by atoms with Gasteiger partial charge in [-0.05, 0) is 48.7 Å². The molecule has 0 saturated heterocycles. The van der Waals surface area contributed by atoms with E-state index in [2.05, 4.69) is 10.3 Å². The van der Waals surface area contributed by atoms with Crippen LogP contribution in [-0.2, 0) is 4.79 Å². The predicted molar refractivity (Wildman–Crippen MR) is 106 cm³/mol. The Morgan fingerprint density at radius 3 is 2.68 bits per heavy atom. The lowest BCUT2D eigenvalue weighted by Gasteiger charge is -2.22. The molecular weight excluding hydrogens is 356 g/mol. The summed E-state index contributed by atoms with van der Waals surface area (Å²) in [7, 11) is 0. The third-order valence-corrected chi connectivity index (χ3v) is 4.66. The average Bonchev–Trinajstić information content (AvgIpc) is 2.69. The van der Waals surface area contributed by atoms with E-state index in [0.717, 1.165) is 10.9 Å². The second kappa shape index (κ2) is 8.08. The quantitative estimate of drug-likeness (QED) is 0.603. The normalized spacial score (nSPS) is 11.9. The van der Waals surface area contributed by atoms with Crippen molar-refractivity contribution in [2.24, 2.45) is 0 Å². The van der Waals surface area contributed by atoms with Crippen molar-refractivity contribution >= 4 is 22.8 Å². The number of hydrogen-bond donors (Lipinski definition) is 3. The Labute approximate surface area is 162 Å². The second-order valence-electron chi connectivity index (χ2n) is 6.71. The molecule has 28 heavy (non-hydrogen) atoms. The van der Waals surface area contributed by atoms with Gasteiger partial charge in [-0.2, -0.15) is 0 Å². The molecule has 3 N–H and O–H groups in total. The van der Waals surface area contributed by atoms with Crippen LogP contribution >= 0.6 is 0 Å². The number of carboxylic acids is 1. The Morgan fingerprint density at radius 1 is 1.18 bits per heavy atom. The molecule has 0 bridgehead atoms. The number of hydrogen-bond acceptors (Lipinski definition) is 4. The van der Waals surface area contributed by atoms with Crippen LogP contribution in [0.4, 0.5) is 0 Å². The SMILES string of the molecule is CCCC(=O)NC(c1cccc(C(=O)O)c1)c1cc(C)c2cccnc2c1O. The molecule has 0 aliphatic carbocycles. The lowest BCUT2D eigenvalue weighted by molar-refractivity contribution is -0.121. The van der Waals surface area contributed by atoms with Crippen LogP contribution in [0.5, 0.6) is 5.75 Å². The zero-order valence-electron chi connectivity index (χ0n) is 15.8. The van der Waals surface area contributed by atoms with E-state index in [1.54, 1.807) is 24.4 Å². The van der Waals surface area contributed by atoms with Crippen LogP contribution in [-0.4, -0.2) is 27.1 Å². The summed E-state index contributed by atoms with van der Waals surface area (Å²) in [5, 5.41) is 24.0. The van der Waals surface area contributed by atoms with Crippen molar-refractivity contribution in [2.75, 3.05) is 0 Å². The summed E-state index contributed by atoms with van der Waals surface area (Å²) >= 11 is 0. The first kappa shape index (κ1) is 19.4. The molecule has 1 unspecified atom stereocenters. The van der Waals surface area contributed by atoms with E-state index in [1.165, 1.54) is 12.1 Å². The Bertz CT molecular complexity index is 1050. The minimum atomic E-state index is -1.05. The maximum atomic E-state index is 12.4. The fraction of sp³-hybridized carbons (Fsp3) is 0.227. The lowest BCUT2D eigenvalue weighted by Crippen LogP contribution is -2.29. The number of phenols is 1. The van der Waals surface area contributed by atoms with Crippen LogP contribution in [0, 0.1) is 6.92 Å². The van der Waals surface area contributed by atoms with Gasteiger partial charge in [0.2, 0.25) is 5.91 Å². The number of fused-ring (bicyclic) bond motifs is 1. The molecule has 3 aromatic rings. The number of phenolic OH excluding ortho intramolecular Hbond substituents is 1. The van der Waals surface area contributed by atoms with Crippen molar-refractivity contribution in [2.45, 2.75) is 32.7 Å². The van der Waals surface area contributed by atoms with Gasteiger partial charge in [0.1, 0.15) is 11.3 Å². The van der Waals surface area contributed by atoms with E-state index >= 15 is 0 Å². The van der Waals surface area contributed by atoms with Gasteiger partial charge >= 0.3 is 5.97 Å². The number of carbonyl (C=O) groups excluding carboxylic acids is 1. The highest BCUT2D eigenvalue weighted by Gasteiger charge is 2.23. The van der Waals surface area contributed by atoms with E-state index in [1.807, 2.05) is 26.0 Å². The van der Waals surface area contributed by atoms with Gasteiger partial charge in [0.15, 0.2) is 0 Å². The first-order chi connectivity index (χ1) is 13.4. The van der Waals surface area contributed by atoms with Crippen LogP contribution in [0.25, 0.3) is 10.9 Å². The Kier molecular flexibility index (Phi) is 5.59. The molecule has 0 saturated carbocycles. The Morgan fingerprint density at radius 2 is 1.96 bits per heavy atom. The van der Waals surface area contributed by atoms with E-state index in [0.29, 0.717) is 29.5 Å². The number of aryl methyl sites for hydroxylation is 1. The zero-order chi connectivity index (χ0) is 20.3. The standard InChI is InChI=1S/C22H22N2O4/c1-3-6-18(25)24-19(14-7-4-8-15(12-14)22(27)28)17-11-13(2)16-9-5-10-23-20(16)21(17)26/h4-5,7-12,19,26H,3,6H2,1-2H3,(H,24,25)(H,27,28). The number of nitrogens with zero attached hydrogens (tertiary/aromatic N) is 1. The van der Waals surface area contributed by atoms with Gasteiger partial charge < -0.3 is 15.5 Å². The van der Waals surface area contributed by atoms with Gasteiger partial charge in [-0.1, -0.05) is 25.1 Å². The third-order valence-electron chi connectivity index (χ3n) is 4.66. The summed E-state index contributed by atoms with van der Waals surface area (Å²) in [6.07, 6.45) is 2.61. The van der Waals surface area contributed by atoms with Crippen molar-refractivity contribution in [1.82, 2.24) is 10.3 Å². The number of aromatic hydroxyl groups is 1. The topological polar surface area (TPSA) is 99.5 Å². The molecule has 0 aliphatic rings. The molecule has 1 aromatic heterocycles. The monoisotopic (exact) mass is 378 g/mol. The molecule has 1 amide bonds. The highest BCUT2D eigenvalue weighted by molar-refractivity contribution is 5.90. The Balaban J connectivity index is 2.18. The number of nitrogens with one attached hydrogen (secondary N) is 1. The second-order valence-corrected chi connectivity index (χ2v) is 6.71. The lowest BCUT2D eigenvalue weighted by atomic mass is 9.93. The molecular formula is C22H22N2O4. The first-order valence-electron chi connectivity index (χ1n) is 9.12. The highest BCUT2D eigenvalue weighted by Crippen LogP contribution is 2.36. The zero-order valence-corrected chi connectivity index (χ0v) is 15.8. The third kappa shape index (κ3) is 3.81. The summed E-state index contributed by atoms with van der Waals surface area (Å²) in [5.41, 5.74) is 2.52. The molecule has 6 nitrogen and oxygen atoms in total. The van der Waals surface area contributed by atoms with Gasteiger partial charge in [-0.15, -0.1) is 0 Å². The van der Waals surface area contributed by atoms with E-state index in [4.69, 9.17) is 0 Å². The molecule has 0 radical (unpaired) electrons. The maximum Gasteiger partial charge on any atom is 0.335 e. The van der Waals surface area contributed by atoms with Crippen LogP contribution < -0.4 is 5.32 Å². The van der Waals surface area contributed by atoms with Crippen LogP contribution in [0.15, 0.2) is 48.7 Å². The predicted octanol–water partition coefficient (Wildman–Crippen LogP) is 3.95. The number of pyridine rings is 1. The Hall–Kier alpha value is -3.41. The maximum absolute atomic E-state index is 12.4. The summed E-state index contributed by atoms with van der Waals surface area (Å²) < 4.78 is 0. The molecule has 1 atom stereocenters. The van der Waals surface area contributed by atoms with Crippen molar-refractivity contribution in [3.05, 3.63) is 70.9 Å². The van der Waals surface area contributed by atoms with E-state index in [-0.39, 0.29) is 17.2 Å². The number of carbonyl (C=O) groups is 2. The number of aromatic nitrogens is 1. The van der Waals surface area contributed by atoms with E-state index in [9.17, 15) is 19.8 Å². The van der Waals surface area contributed by atoms with Crippen molar-refractivity contribution < 1.29 is 19.8 Å². The van der Waals surface area contributed by atoms with Crippen LogP contribution in [0.3, 0.4) is 0 Å². The van der Waals surface area contributed by atoms with E-state index < -0.39 is 12.0 Å². The van der Waals surface area contributed by atoms with Crippen LogP contribution in [0.1, 0.15) is 52.9 Å². The van der Waals surface area contributed by atoms with Crippen molar-refractivity contribution in [1.29, 1.82) is 0 Å². The first-order valence-corrected chi connectivity index (χ1v) is 9.12. The van der Waals surface area contributed by atoms with Gasteiger partial charge in [0, 0.05) is 23.6 Å². The summed E-state index contributed by atoms with van der Waals surface area (Å²) in [5.74, 6) is -1.25. The van der Waals surface area contributed by atoms with Crippen LogP contribution in [0.2, 0.25) is 0 Å². The molecule has 6 heteroatoms. The summed E-state index contributed by atoms with van der Waals surface area (Å²) in [6.45, 7) is 3.81. The summed E-state index contributed by atoms with van der Waals surface area (Å²) in [4.78, 5) is 28.0. The number of aromatic carboxylic acids is 1. The molecule has 0 fully saturated rings. The average molecular weight is 378 g/mol. The smallest absolute Gasteiger partial charge is 0.335 e. The van der Waals surface area contributed by atoms with Gasteiger partial charge in [-0.3, -0.25) is 9.78 Å². The molecule has 0 aliphatic heterocycles. The van der Waals surface area contributed by atoms with Gasteiger partial charge in [-0.25, -0.2) is 4.79 Å². The van der Waals surface area contributed by atoms with Gasteiger partial charge in [0.25, 0.3) is 0 Å². The number of carboxylic acid groups (broad SMARTS) is 1. The number of rotatable bonds is 6. The largest absolute Gasteiger partial charge is 0.505 e. The minimum Gasteiger partial charge on any atom is -0.505 e. The van der Waals surface area contributed by atoms with Crippen molar-refractivity contribution in [3.8, 4) is 5.75 Å². The highest BCUT2D eigenvalue weighted by atomic mass is 16.4. The number of benzene rings is 2. The minimum absolute atomic E-state index is 0.0243. The van der Waals surface area contributed by atoms with Crippen molar-refractivity contribution in [3.63, 3.8) is 0 Å². The fourth-order valence-electron chi connectivity index (χ4n) is 3.30. The molecule has 1 heterocycles. The van der Waals surface area contributed by atoms with Gasteiger partial charge in [0.05, 0.1) is 11.6 Å². The fourth-order valence-corrected chi connectivity index (χ4v) is 3.30. The number of amides is 1. The molecule has 144 valence electrons. The molecule has 2 aromatic carbocycles.